The fourth-order valence-electron chi connectivity index (χ4n) is 2.44. The summed E-state index contributed by atoms with van der Waals surface area (Å²) in [6.07, 6.45) is 0.743. The summed E-state index contributed by atoms with van der Waals surface area (Å²) in [4.78, 5) is 21.0. The van der Waals surface area contributed by atoms with E-state index < -0.39 is 0 Å². The van der Waals surface area contributed by atoms with Crippen LogP contribution in [0.15, 0.2) is 17.6 Å². The second kappa shape index (κ2) is 6.49. The predicted molar refractivity (Wildman–Crippen MR) is 88.1 cm³/mol. The van der Waals surface area contributed by atoms with E-state index in [0.717, 1.165) is 17.9 Å². The smallest absolute Gasteiger partial charge is 0.265 e. The van der Waals surface area contributed by atoms with Gasteiger partial charge in [-0.3, -0.25) is 4.79 Å². The number of thiazole rings is 1. The van der Waals surface area contributed by atoms with Crippen LogP contribution in [-0.2, 0) is 0 Å². The fourth-order valence-corrected chi connectivity index (χ4v) is 3.21. The van der Waals surface area contributed by atoms with Crippen molar-refractivity contribution in [3.05, 3.63) is 28.2 Å². The molecule has 0 N–H and O–H groups in total. The topological polar surface area (TPSA) is 71.5 Å². The maximum atomic E-state index is 12.5. The van der Waals surface area contributed by atoms with Crippen molar-refractivity contribution in [2.75, 3.05) is 32.1 Å². The Bertz CT molecular complexity index is 685. The highest BCUT2D eigenvalue weighted by atomic mass is 32.1. The van der Waals surface area contributed by atoms with Gasteiger partial charge in [0.1, 0.15) is 11.0 Å². The third-order valence-electron chi connectivity index (χ3n) is 3.74. The normalized spacial score (nSPS) is 17.3. The Morgan fingerprint density at radius 3 is 2.83 bits per heavy atom. The molecule has 3 heterocycles. The van der Waals surface area contributed by atoms with E-state index in [-0.39, 0.29) is 12.0 Å². The van der Waals surface area contributed by atoms with Crippen molar-refractivity contribution in [1.29, 1.82) is 0 Å². The Morgan fingerprint density at radius 1 is 1.39 bits per heavy atom. The molecule has 1 aliphatic rings. The van der Waals surface area contributed by atoms with Gasteiger partial charge in [0.15, 0.2) is 5.82 Å². The van der Waals surface area contributed by atoms with Crippen LogP contribution in [0, 0.1) is 6.92 Å². The predicted octanol–water partition coefficient (Wildman–Crippen LogP) is 1.60. The molecule has 8 heteroatoms. The molecule has 0 aliphatic carbocycles. The molecule has 1 unspecified atom stereocenters. The number of aromatic nitrogens is 3. The van der Waals surface area contributed by atoms with Gasteiger partial charge in [-0.25, -0.2) is 4.98 Å². The van der Waals surface area contributed by atoms with Gasteiger partial charge in [0.05, 0.1) is 17.7 Å². The zero-order valence-corrected chi connectivity index (χ0v) is 14.2. The van der Waals surface area contributed by atoms with Gasteiger partial charge in [-0.05, 0) is 13.0 Å². The number of amides is 1. The molecule has 2 aromatic heterocycles. The summed E-state index contributed by atoms with van der Waals surface area (Å²) >= 11 is 1.38. The minimum atomic E-state index is -0.0494. The van der Waals surface area contributed by atoms with Crippen LogP contribution in [0.1, 0.15) is 21.8 Å². The van der Waals surface area contributed by atoms with Gasteiger partial charge in [-0.1, -0.05) is 0 Å². The number of nitrogens with zero attached hydrogens (tertiary/aromatic N) is 5. The standard InChI is InChI=1S/C15H19N5O2S/c1-10-14(23-9-16-10)15(21)20-7-6-11(8-20)22-13-5-4-12(17-18-13)19(2)3/h4-5,9,11H,6-8H2,1-3H3. The SMILES string of the molecule is Cc1ncsc1C(=O)N1CCC(Oc2ccc(N(C)C)nn2)C1. The average molecular weight is 333 g/mol. The largest absolute Gasteiger partial charge is 0.471 e. The minimum absolute atomic E-state index is 0.0325. The fraction of sp³-hybridized carbons (Fsp3) is 0.467. The lowest BCUT2D eigenvalue weighted by atomic mass is 10.3. The molecular formula is C15H19N5O2S. The van der Waals surface area contributed by atoms with Gasteiger partial charge in [0.25, 0.3) is 5.91 Å². The molecule has 23 heavy (non-hydrogen) atoms. The molecule has 1 aliphatic heterocycles. The molecule has 2 aromatic rings. The maximum absolute atomic E-state index is 12.5. The number of rotatable bonds is 4. The molecule has 1 saturated heterocycles. The number of carbonyl (C=O) groups excluding carboxylic acids is 1. The quantitative estimate of drug-likeness (QED) is 0.846. The first-order valence-corrected chi connectivity index (χ1v) is 8.29. The number of hydrogen-bond acceptors (Lipinski definition) is 7. The second-order valence-corrected chi connectivity index (χ2v) is 6.53. The van der Waals surface area contributed by atoms with Gasteiger partial charge in [-0.15, -0.1) is 21.5 Å². The molecule has 0 saturated carbocycles. The summed E-state index contributed by atoms with van der Waals surface area (Å²) in [5.41, 5.74) is 2.49. The van der Waals surface area contributed by atoms with E-state index in [1.54, 1.807) is 11.6 Å². The molecule has 7 nitrogen and oxygen atoms in total. The van der Waals surface area contributed by atoms with Crippen molar-refractivity contribution in [2.24, 2.45) is 0 Å². The van der Waals surface area contributed by atoms with Crippen molar-refractivity contribution in [1.82, 2.24) is 20.1 Å². The number of carbonyl (C=O) groups is 1. The Labute approximate surface area is 138 Å². The van der Waals surface area contributed by atoms with Crippen LogP contribution in [0.5, 0.6) is 5.88 Å². The van der Waals surface area contributed by atoms with Crippen LogP contribution in [-0.4, -0.2) is 59.3 Å². The second-order valence-electron chi connectivity index (χ2n) is 5.67. The maximum Gasteiger partial charge on any atom is 0.265 e. The Kier molecular flexibility index (Phi) is 4.42. The monoisotopic (exact) mass is 333 g/mol. The highest BCUT2D eigenvalue weighted by Crippen LogP contribution is 2.21. The van der Waals surface area contributed by atoms with Crippen LogP contribution in [0.2, 0.25) is 0 Å². The lowest BCUT2D eigenvalue weighted by Gasteiger charge is -2.16. The van der Waals surface area contributed by atoms with Gasteiger partial charge in [-0.2, -0.15) is 0 Å². The van der Waals surface area contributed by atoms with Crippen LogP contribution in [0.25, 0.3) is 0 Å². The number of likely N-dealkylation sites (tertiary alicyclic amines) is 1. The average Bonchev–Trinajstić information content (AvgIpc) is 3.16. The van der Waals surface area contributed by atoms with Crippen molar-refractivity contribution >= 4 is 23.1 Å². The highest BCUT2D eigenvalue weighted by molar-refractivity contribution is 7.11. The number of anilines is 1. The van der Waals surface area contributed by atoms with Crippen LogP contribution < -0.4 is 9.64 Å². The van der Waals surface area contributed by atoms with Crippen molar-refractivity contribution in [2.45, 2.75) is 19.4 Å². The Hall–Kier alpha value is -2.22. The van der Waals surface area contributed by atoms with Gasteiger partial charge in [0, 0.05) is 33.1 Å². The van der Waals surface area contributed by atoms with E-state index in [9.17, 15) is 4.79 Å². The third kappa shape index (κ3) is 3.42. The van der Waals surface area contributed by atoms with E-state index in [2.05, 4.69) is 15.2 Å². The van der Waals surface area contributed by atoms with Crippen LogP contribution >= 0.6 is 11.3 Å². The lowest BCUT2D eigenvalue weighted by molar-refractivity contribution is 0.0774. The van der Waals surface area contributed by atoms with Crippen molar-refractivity contribution < 1.29 is 9.53 Å². The minimum Gasteiger partial charge on any atom is -0.471 e. The molecule has 0 aromatic carbocycles. The summed E-state index contributed by atoms with van der Waals surface area (Å²) in [5, 5.41) is 8.16. The molecule has 1 atom stereocenters. The number of hydrogen-bond donors (Lipinski definition) is 0. The van der Waals surface area contributed by atoms with Crippen LogP contribution in [0.3, 0.4) is 0 Å². The molecule has 0 bridgehead atoms. The summed E-state index contributed by atoms with van der Waals surface area (Å²) in [5.74, 6) is 1.30. The van der Waals surface area contributed by atoms with Crippen LogP contribution in [0.4, 0.5) is 5.82 Å². The van der Waals surface area contributed by atoms with Gasteiger partial charge < -0.3 is 14.5 Å². The first-order valence-electron chi connectivity index (χ1n) is 7.41. The molecule has 1 fully saturated rings. The summed E-state index contributed by atoms with van der Waals surface area (Å²) in [6.45, 7) is 3.10. The molecule has 0 spiro atoms. The summed E-state index contributed by atoms with van der Waals surface area (Å²) < 4.78 is 5.84. The zero-order valence-electron chi connectivity index (χ0n) is 13.4. The van der Waals surface area contributed by atoms with E-state index in [0.29, 0.717) is 23.8 Å². The first kappa shape index (κ1) is 15.7. The number of ether oxygens (including phenoxy) is 1. The zero-order chi connectivity index (χ0) is 16.4. The molecule has 122 valence electrons. The Balaban J connectivity index is 1.59. The van der Waals surface area contributed by atoms with Crippen molar-refractivity contribution in [3.63, 3.8) is 0 Å². The van der Waals surface area contributed by atoms with E-state index in [1.165, 1.54) is 11.3 Å². The summed E-state index contributed by atoms with van der Waals surface area (Å²) in [6, 6.07) is 3.67. The Morgan fingerprint density at radius 2 is 2.22 bits per heavy atom. The summed E-state index contributed by atoms with van der Waals surface area (Å²) in [7, 11) is 3.82. The van der Waals surface area contributed by atoms with E-state index in [4.69, 9.17) is 4.74 Å². The first-order chi connectivity index (χ1) is 11.0. The third-order valence-corrected chi connectivity index (χ3v) is 4.66. The molecular weight excluding hydrogens is 314 g/mol. The number of aryl methyl sites for hydroxylation is 1. The molecule has 1 amide bonds. The van der Waals surface area contributed by atoms with Gasteiger partial charge in [0.2, 0.25) is 5.88 Å². The molecule has 3 rings (SSSR count). The van der Waals surface area contributed by atoms with Crippen molar-refractivity contribution in [3.8, 4) is 5.88 Å². The van der Waals surface area contributed by atoms with E-state index in [1.807, 2.05) is 36.9 Å². The molecule has 0 radical (unpaired) electrons. The lowest BCUT2D eigenvalue weighted by Crippen LogP contribution is -2.31. The van der Waals surface area contributed by atoms with E-state index >= 15 is 0 Å². The van der Waals surface area contributed by atoms with Gasteiger partial charge >= 0.3 is 0 Å². The highest BCUT2D eigenvalue weighted by Gasteiger charge is 2.30.